The second kappa shape index (κ2) is 7.55. The van der Waals surface area contributed by atoms with E-state index in [1.54, 1.807) is 17.4 Å². The van der Waals surface area contributed by atoms with Crippen LogP contribution in [0.5, 0.6) is 0 Å². The summed E-state index contributed by atoms with van der Waals surface area (Å²) in [4.78, 5) is 0.990. The van der Waals surface area contributed by atoms with E-state index in [9.17, 15) is 4.39 Å². The molecule has 1 aromatic heterocycles. The Kier molecular flexibility index (Phi) is 5.74. The van der Waals surface area contributed by atoms with Crippen molar-refractivity contribution in [2.75, 3.05) is 6.54 Å². The molecule has 0 aliphatic heterocycles. The van der Waals surface area contributed by atoms with Gasteiger partial charge in [0, 0.05) is 17.0 Å². The van der Waals surface area contributed by atoms with E-state index < -0.39 is 0 Å². The molecule has 2 aromatic rings. The van der Waals surface area contributed by atoms with Gasteiger partial charge in [0.25, 0.3) is 0 Å². The molecule has 1 aromatic carbocycles. The molecule has 108 valence electrons. The molecule has 0 unspecified atom stereocenters. The van der Waals surface area contributed by atoms with Gasteiger partial charge in [0.2, 0.25) is 0 Å². The van der Waals surface area contributed by atoms with Crippen LogP contribution in [0.2, 0.25) is 0 Å². The van der Waals surface area contributed by atoms with Gasteiger partial charge in [-0.25, -0.2) is 4.39 Å². The van der Waals surface area contributed by atoms with Crippen LogP contribution in [0.3, 0.4) is 0 Å². The highest BCUT2D eigenvalue weighted by atomic mass is 32.1. The molecule has 1 heterocycles. The number of rotatable bonds is 7. The first kappa shape index (κ1) is 15.2. The van der Waals surface area contributed by atoms with E-state index in [0.717, 1.165) is 29.4 Å². The monoisotopic (exact) mass is 291 g/mol. The van der Waals surface area contributed by atoms with Gasteiger partial charge in [0.1, 0.15) is 5.82 Å². The number of halogens is 1. The first-order valence-corrected chi connectivity index (χ1v) is 8.15. The van der Waals surface area contributed by atoms with Gasteiger partial charge in [-0.05, 0) is 41.6 Å². The lowest BCUT2D eigenvalue weighted by atomic mass is 10.0. The molecule has 1 nitrogen and oxygen atoms in total. The van der Waals surface area contributed by atoms with E-state index >= 15 is 0 Å². The third-order valence-corrected chi connectivity index (χ3v) is 4.64. The Bertz CT molecular complexity index is 518. The summed E-state index contributed by atoms with van der Waals surface area (Å²) in [5.74, 6) is 0.586. The number of benzene rings is 1. The van der Waals surface area contributed by atoms with Gasteiger partial charge in [-0.15, -0.1) is 11.3 Å². The molecule has 3 heteroatoms. The van der Waals surface area contributed by atoms with Crippen LogP contribution in [0.1, 0.15) is 32.3 Å². The molecule has 0 saturated carbocycles. The van der Waals surface area contributed by atoms with Crippen LogP contribution in [0, 0.1) is 11.7 Å². The van der Waals surface area contributed by atoms with Crippen molar-refractivity contribution in [3.05, 3.63) is 47.1 Å². The van der Waals surface area contributed by atoms with Gasteiger partial charge >= 0.3 is 0 Å². The summed E-state index contributed by atoms with van der Waals surface area (Å²) in [6.07, 6.45) is 2.40. The van der Waals surface area contributed by atoms with Crippen LogP contribution in [-0.2, 0) is 6.54 Å². The predicted molar refractivity (Wildman–Crippen MR) is 85.5 cm³/mol. The minimum Gasteiger partial charge on any atom is -0.312 e. The maximum Gasteiger partial charge on any atom is 0.131 e. The maximum absolute atomic E-state index is 13.9. The predicted octanol–water partition coefficient (Wildman–Crippen LogP) is 5.08. The molecule has 0 fully saturated rings. The Morgan fingerprint density at radius 1 is 1.20 bits per heavy atom. The van der Waals surface area contributed by atoms with E-state index in [1.165, 1.54) is 12.8 Å². The van der Waals surface area contributed by atoms with Gasteiger partial charge < -0.3 is 5.32 Å². The SMILES string of the molecule is CCC(CC)CNCc1ccc(F)c(-c2cccs2)c1. The van der Waals surface area contributed by atoms with Crippen LogP contribution in [-0.4, -0.2) is 6.54 Å². The molecule has 20 heavy (non-hydrogen) atoms. The van der Waals surface area contributed by atoms with E-state index in [2.05, 4.69) is 19.2 Å². The zero-order valence-electron chi connectivity index (χ0n) is 12.2. The van der Waals surface area contributed by atoms with E-state index in [1.807, 2.05) is 29.6 Å². The molecular weight excluding hydrogens is 269 g/mol. The van der Waals surface area contributed by atoms with Crippen molar-refractivity contribution in [3.63, 3.8) is 0 Å². The fourth-order valence-electron chi connectivity index (χ4n) is 2.30. The van der Waals surface area contributed by atoms with Crippen molar-refractivity contribution in [2.45, 2.75) is 33.2 Å². The standard InChI is InChI=1S/C17H22FNS/c1-3-13(4-2)11-19-12-14-7-8-16(18)15(10-14)17-6-5-9-20-17/h5-10,13,19H,3-4,11-12H2,1-2H3. The van der Waals surface area contributed by atoms with Crippen LogP contribution >= 0.6 is 11.3 Å². The van der Waals surface area contributed by atoms with Gasteiger partial charge in [-0.3, -0.25) is 0 Å². The summed E-state index contributed by atoms with van der Waals surface area (Å²) < 4.78 is 13.9. The molecule has 0 saturated heterocycles. The Hall–Kier alpha value is -1.19. The van der Waals surface area contributed by atoms with E-state index in [0.29, 0.717) is 5.56 Å². The van der Waals surface area contributed by atoms with Crippen molar-refractivity contribution >= 4 is 11.3 Å². The van der Waals surface area contributed by atoms with Crippen molar-refractivity contribution in [1.29, 1.82) is 0 Å². The molecule has 0 bridgehead atoms. The summed E-state index contributed by atoms with van der Waals surface area (Å²) in [7, 11) is 0. The van der Waals surface area contributed by atoms with Crippen LogP contribution in [0.4, 0.5) is 4.39 Å². The Labute approximate surface area is 124 Å². The van der Waals surface area contributed by atoms with Gasteiger partial charge in [-0.2, -0.15) is 0 Å². The minimum absolute atomic E-state index is 0.142. The lowest BCUT2D eigenvalue weighted by molar-refractivity contribution is 0.449. The average molecular weight is 291 g/mol. The highest BCUT2D eigenvalue weighted by Gasteiger charge is 2.08. The number of hydrogen-bond acceptors (Lipinski definition) is 2. The van der Waals surface area contributed by atoms with Crippen molar-refractivity contribution < 1.29 is 4.39 Å². The lowest BCUT2D eigenvalue weighted by Crippen LogP contribution is -2.21. The summed E-state index contributed by atoms with van der Waals surface area (Å²) in [6, 6.07) is 9.32. The zero-order chi connectivity index (χ0) is 14.4. The largest absolute Gasteiger partial charge is 0.312 e. The van der Waals surface area contributed by atoms with Gasteiger partial charge in [-0.1, -0.05) is 38.8 Å². The maximum atomic E-state index is 13.9. The Morgan fingerprint density at radius 3 is 2.65 bits per heavy atom. The van der Waals surface area contributed by atoms with E-state index in [4.69, 9.17) is 0 Å². The summed E-state index contributed by atoms with van der Waals surface area (Å²) in [6.45, 7) is 6.28. The fourth-order valence-corrected chi connectivity index (χ4v) is 3.05. The summed E-state index contributed by atoms with van der Waals surface area (Å²) >= 11 is 1.57. The van der Waals surface area contributed by atoms with Gasteiger partial charge in [0.05, 0.1) is 0 Å². The summed E-state index contributed by atoms with van der Waals surface area (Å²) in [5.41, 5.74) is 1.85. The first-order valence-electron chi connectivity index (χ1n) is 7.27. The van der Waals surface area contributed by atoms with Crippen molar-refractivity contribution in [2.24, 2.45) is 5.92 Å². The number of hydrogen-bond donors (Lipinski definition) is 1. The molecule has 0 spiro atoms. The highest BCUT2D eigenvalue weighted by molar-refractivity contribution is 7.13. The third kappa shape index (κ3) is 3.90. The minimum atomic E-state index is -0.142. The quantitative estimate of drug-likeness (QED) is 0.750. The van der Waals surface area contributed by atoms with Gasteiger partial charge in [0.15, 0.2) is 0 Å². The van der Waals surface area contributed by atoms with Crippen LogP contribution in [0.15, 0.2) is 35.7 Å². The smallest absolute Gasteiger partial charge is 0.131 e. The number of thiophene rings is 1. The van der Waals surface area contributed by atoms with Crippen LogP contribution in [0.25, 0.3) is 10.4 Å². The zero-order valence-corrected chi connectivity index (χ0v) is 13.0. The highest BCUT2D eigenvalue weighted by Crippen LogP contribution is 2.28. The Morgan fingerprint density at radius 2 is 2.00 bits per heavy atom. The molecule has 0 atom stereocenters. The molecule has 0 aliphatic carbocycles. The third-order valence-electron chi connectivity index (χ3n) is 3.73. The van der Waals surface area contributed by atoms with Crippen molar-refractivity contribution in [3.8, 4) is 10.4 Å². The first-order chi connectivity index (χ1) is 9.74. The molecule has 0 aliphatic rings. The molecule has 0 amide bonds. The molecular formula is C17H22FNS. The van der Waals surface area contributed by atoms with Crippen molar-refractivity contribution in [1.82, 2.24) is 5.32 Å². The summed E-state index contributed by atoms with van der Waals surface area (Å²) in [5, 5.41) is 5.46. The van der Waals surface area contributed by atoms with E-state index in [-0.39, 0.29) is 5.82 Å². The topological polar surface area (TPSA) is 12.0 Å². The molecule has 1 N–H and O–H groups in total. The normalized spacial score (nSPS) is 11.2. The Balaban J connectivity index is 2.01. The van der Waals surface area contributed by atoms with Crippen LogP contribution < -0.4 is 5.32 Å². The second-order valence-corrected chi connectivity index (χ2v) is 6.05. The second-order valence-electron chi connectivity index (χ2n) is 5.10. The number of nitrogens with one attached hydrogen (secondary N) is 1. The fraction of sp³-hybridized carbons (Fsp3) is 0.412. The lowest BCUT2D eigenvalue weighted by Gasteiger charge is -2.13. The molecule has 2 rings (SSSR count). The average Bonchev–Trinajstić information content (AvgIpc) is 2.99. The molecule has 0 radical (unpaired) electrons.